The van der Waals surface area contributed by atoms with E-state index >= 15 is 0 Å². The van der Waals surface area contributed by atoms with Crippen LogP contribution in [0.2, 0.25) is 0 Å². The number of amides is 2. The highest BCUT2D eigenvalue weighted by Gasteiger charge is 2.27. The number of carbonyl (C=O) groups excluding carboxylic acids is 2. The molecule has 25 heavy (non-hydrogen) atoms. The molecule has 0 saturated carbocycles. The Morgan fingerprint density at radius 2 is 1.84 bits per heavy atom. The Morgan fingerprint density at radius 1 is 1.24 bits per heavy atom. The highest BCUT2D eigenvalue weighted by Crippen LogP contribution is 2.17. The van der Waals surface area contributed by atoms with Crippen LogP contribution in [0.15, 0.2) is 24.3 Å². The number of likely N-dealkylation sites (N-methyl/N-ethyl adjacent to an activating group) is 1. The second kappa shape index (κ2) is 8.46. The first-order chi connectivity index (χ1) is 11.9. The van der Waals surface area contributed by atoms with Crippen molar-refractivity contribution < 1.29 is 28.6 Å². The Balaban J connectivity index is 1.75. The monoisotopic (exact) mass is 352 g/mol. The number of benzene rings is 1. The second-order valence-electron chi connectivity index (χ2n) is 5.99. The quantitative estimate of drug-likeness (QED) is 0.825. The molecular weight excluding hydrogens is 331 g/mol. The molecule has 7 nitrogen and oxygen atoms in total. The van der Waals surface area contributed by atoms with Gasteiger partial charge in [-0.3, -0.25) is 14.4 Å². The van der Waals surface area contributed by atoms with Gasteiger partial charge in [0, 0.05) is 20.1 Å². The zero-order valence-corrected chi connectivity index (χ0v) is 14.0. The minimum absolute atomic E-state index is 0.0939. The summed E-state index contributed by atoms with van der Waals surface area (Å²) in [6, 6.07) is 5.29. The number of likely N-dealkylation sites (tertiary alicyclic amines) is 1. The van der Waals surface area contributed by atoms with Crippen molar-refractivity contribution in [2.75, 3.05) is 33.3 Å². The molecule has 0 bridgehead atoms. The van der Waals surface area contributed by atoms with E-state index in [0.717, 1.165) is 0 Å². The fraction of sp³-hybridized carbons (Fsp3) is 0.471. The molecule has 1 fully saturated rings. The molecule has 1 aliphatic heterocycles. The van der Waals surface area contributed by atoms with Crippen LogP contribution < -0.4 is 4.74 Å². The van der Waals surface area contributed by atoms with Gasteiger partial charge in [-0.25, -0.2) is 4.39 Å². The molecule has 136 valence electrons. The van der Waals surface area contributed by atoms with Crippen molar-refractivity contribution in [3.8, 4) is 5.75 Å². The van der Waals surface area contributed by atoms with Crippen molar-refractivity contribution in [3.63, 3.8) is 0 Å². The lowest BCUT2D eigenvalue weighted by Crippen LogP contribution is -2.46. The molecule has 2 amide bonds. The molecule has 1 aliphatic rings. The smallest absolute Gasteiger partial charge is 0.306 e. The molecule has 1 saturated heterocycles. The number of nitrogens with zero attached hydrogens (tertiary/aromatic N) is 2. The number of ether oxygens (including phenoxy) is 1. The Kier molecular flexibility index (Phi) is 6.32. The molecule has 0 aromatic heterocycles. The molecule has 0 unspecified atom stereocenters. The summed E-state index contributed by atoms with van der Waals surface area (Å²) in [5.41, 5.74) is 0. The number of carboxylic acid groups (broad SMARTS) is 1. The van der Waals surface area contributed by atoms with E-state index in [1.807, 2.05) is 0 Å². The van der Waals surface area contributed by atoms with Crippen molar-refractivity contribution in [2.24, 2.45) is 5.92 Å². The van der Waals surface area contributed by atoms with Gasteiger partial charge < -0.3 is 19.6 Å². The van der Waals surface area contributed by atoms with Gasteiger partial charge in [-0.1, -0.05) is 0 Å². The Morgan fingerprint density at radius 3 is 2.40 bits per heavy atom. The van der Waals surface area contributed by atoms with Crippen molar-refractivity contribution in [1.29, 1.82) is 0 Å². The minimum atomic E-state index is -0.836. The summed E-state index contributed by atoms with van der Waals surface area (Å²) >= 11 is 0. The maximum Gasteiger partial charge on any atom is 0.306 e. The molecule has 0 aliphatic carbocycles. The van der Waals surface area contributed by atoms with E-state index in [9.17, 15) is 18.8 Å². The van der Waals surface area contributed by atoms with Gasteiger partial charge >= 0.3 is 5.97 Å². The number of aliphatic carboxylic acids is 1. The summed E-state index contributed by atoms with van der Waals surface area (Å²) < 4.78 is 18.1. The van der Waals surface area contributed by atoms with Crippen molar-refractivity contribution >= 4 is 17.8 Å². The summed E-state index contributed by atoms with van der Waals surface area (Å²) in [6.07, 6.45) is 0.846. The lowest BCUT2D eigenvalue weighted by molar-refractivity contribution is -0.146. The number of piperidine rings is 1. The van der Waals surface area contributed by atoms with Crippen molar-refractivity contribution in [3.05, 3.63) is 30.1 Å². The van der Waals surface area contributed by atoms with E-state index in [4.69, 9.17) is 9.84 Å². The summed E-state index contributed by atoms with van der Waals surface area (Å²) in [5, 5.41) is 8.96. The fourth-order valence-corrected chi connectivity index (χ4v) is 2.55. The van der Waals surface area contributed by atoms with Crippen LogP contribution in [0.5, 0.6) is 5.75 Å². The number of halogens is 1. The zero-order valence-electron chi connectivity index (χ0n) is 14.0. The van der Waals surface area contributed by atoms with E-state index in [0.29, 0.717) is 31.7 Å². The molecule has 1 aromatic rings. The zero-order chi connectivity index (χ0) is 18.4. The van der Waals surface area contributed by atoms with Crippen LogP contribution >= 0.6 is 0 Å². The van der Waals surface area contributed by atoms with Gasteiger partial charge in [0.15, 0.2) is 6.61 Å². The average Bonchev–Trinajstić information content (AvgIpc) is 2.60. The lowest BCUT2D eigenvalue weighted by Gasteiger charge is -2.31. The maximum atomic E-state index is 12.8. The second-order valence-corrected chi connectivity index (χ2v) is 5.99. The number of carbonyl (C=O) groups is 3. The normalized spacial score (nSPS) is 14.9. The van der Waals surface area contributed by atoms with E-state index in [-0.39, 0.29) is 25.0 Å². The third kappa shape index (κ3) is 5.44. The highest BCUT2D eigenvalue weighted by atomic mass is 19.1. The van der Waals surface area contributed by atoms with Gasteiger partial charge in [-0.05, 0) is 37.1 Å². The van der Waals surface area contributed by atoms with E-state index in [2.05, 4.69) is 0 Å². The highest BCUT2D eigenvalue weighted by molar-refractivity contribution is 5.85. The van der Waals surface area contributed by atoms with Crippen LogP contribution in [0.1, 0.15) is 12.8 Å². The summed E-state index contributed by atoms with van der Waals surface area (Å²) in [4.78, 5) is 38.0. The first-order valence-corrected chi connectivity index (χ1v) is 7.99. The fourth-order valence-electron chi connectivity index (χ4n) is 2.55. The number of carboxylic acids is 1. The van der Waals surface area contributed by atoms with Crippen LogP contribution in [0.3, 0.4) is 0 Å². The van der Waals surface area contributed by atoms with E-state index in [1.54, 1.807) is 4.90 Å². The van der Waals surface area contributed by atoms with Crippen molar-refractivity contribution in [2.45, 2.75) is 12.8 Å². The molecular formula is C17H21FN2O5. The van der Waals surface area contributed by atoms with E-state index in [1.165, 1.54) is 36.2 Å². The SMILES string of the molecule is CN(CC(=O)N1CCC(C(=O)O)CC1)C(=O)COc1ccc(F)cc1. The first kappa shape index (κ1) is 18.7. The summed E-state index contributed by atoms with van der Waals surface area (Å²) in [5.74, 6) is -1.87. The molecule has 1 heterocycles. The van der Waals surface area contributed by atoms with Gasteiger partial charge in [-0.2, -0.15) is 0 Å². The predicted molar refractivity (Wildman–Crippen MR) is 86.5 cm³/mol. The molecule has 1 N–H and O–H groups in total. The van der Waals surface area contributed by atoms with Crippen LogP contribution in [0.25, 0.3) is 0 Å². The number of hydrogen-bond acceptors (Lipinski definition) is 4. The number of hydrogen-bond donors (Lipinski definition) is 1. The van der Waals surface area contributed by atoms with Gasteiger partial charge in [0.05, 0.1) is 12.5 Å². The molecule has 0 spiro atoms. The number of rotatable bonds is 6. The maximum absolute atomic E-state index is 12.8. The Bertz CT molecular complexity index is 626. The van der Waals surface area contributed by atoms with Crippen LogP contribution in [-0.4, -0.2) is 66.0 Å². The molecule has 2 rings (SSSR count). The van der Waals surface area contributed by atoms with Crippen LogP contribution in [0.4, 0.5) is 4.39 Å². The third-order valence-electron chi connectivity index (χ3n) is 4.17. The molecule has 1 aromatic carbocycles. The van der Waals surface area contributed by atoms with Gasteiger partial charge in [0.2, 0.25) is 5.91 Å². The van der Waals surface area contributed by atoms with Gasteiger partial charge in [0.25, 0.3) is 5.91 Å². The van der Waals surface area contributed by atoms with E-state index < -0.39 is 17.7 Å². The molecule has 8 heteroatoms. The van der Waals surface area contributed by atoms with Gasteiger partial charge in [0.1, 0.15) is 11.6 Å². The summed E-state index contributed by atoms with van der Waals surface area (Å²) in [7, 11) is 1.50. The van der Waals surface area contributed by atoms with Crippen LogP contribution in [0, 0.1) is 11.7 Å². The van der Waals surface area contributed by atoms with Crippen LogP contribution in [-0.2, 0) is 14.4 Å². The summed E-state index contributed by atoms with van der Waals surface area (Å²) in [6.45, 7) is 0.410. The average molecular weight is 352 g/mol. The van der Waals surface area contributed by atoms with Crippen molar-refractivity contribution in [1.82, 2.24) is 9.80 Å². The Hall–Kier alpha value is -2.64. The topological polar surface area (TPSA) is 87.2 Å². The lowest BCUT2D eigenvalue weighted by atomic mass is 9.97. The first-order valence-electron chi connectivity index (χ1n) is 7.99. The predicted octanol–water partition coefficient (Wildman–Crippen LogP) is 0.986. The third-order valence-corrected chi connectivity index (χ3v) is 4.17. The molecule has 0 atom stereocenters. The van der Waals surface area contributed by atoms with Gasteiger partial charge in [-0.15, -0.1) is 0 Å². The largest absolute Gasteiger partial charge is 0.484 e. The molecule has 0 radical (unpaired) electrons. The minimum Gasteiger partial charge on any atom is -0.484 e. The standard InChI is InChI=1S/C17H21FN2O5/c1-19(16(22)11-25-14-4-2-13(18)3-5-14)10-15(21)20-8-6-12(7-9-20)17(23)24/h2-5,12H,6-11H2,1H3,(H,23,24). The Labute approximate surface area is 145 Å².